The number of hydrogen-bond donors (Lipinski definition) is 0. The number of Topliss-reactive ketones (excluding diaryl/α,β-unsaturated/α-hetero) is 1. The zero-order chi connectivity index (χ0) is 25.3. The molecule has 1 aromatic carbocycles. The number of amides is 2. The summed E-state index contributed by atoms with van der Waals surface area (Å²) in [6.07, 6.45) is 9.42. The number of carbonyl (C=O) groups is 2. The molecule has 8 heteroatoms. The Balaban J connectivity index is 1.35. The lowest BCUT2D eigenvalue weighted by molar-refractivity contribution is -0.119. The number of benzene rings is 1. The minimum atomic E-state index is -0.588. The van der Waals surface area contributed by atoms with Gasteiger partial charge in [0, 0.05) is 18.6 Å². The van der Waals surface area contributed by atoms with Crippen molar-refractivity contribution in [3.8, 4) is 0 Å². The number of rotatable bonds is 8. The summed E-state index contributed by atoms with van der Waals surface area (Å²) >= 11 is 0. The van der Waals surface area contributed by atoms with Crippen molar-refractivity contribution in [1.82, 2.24) is 24.7 Å². The van der Waals surface area contributed by atoms with Crippen molar-refractivity contribution in [2.45, 2.75) is 62.4 Å². The van der Waals surface area contributed by atoms with Crippen LogP contribution in [0.15, 0.2) is 42.9 Å². The topological polar surface area (TPSA) is 69.6 Å². The van der Waals surface area contributed by atoms with E-state index in [0.717, 1.165) is 51.3 Å². The SMILES string of the molecule is CN(C)C1(c2ccccc2)CCC2(CC1)CN(CC(=O)Cc1ncncc1F)C(=O)N2CC1CCC1. The average molecular weight is 494 g/mol. The van der Waals surface area contributed by atoms with E-state index < -0.39 is 5.82 Å². The average Bonchev–Trinajstić information content (AvgIpc) is 3.08. The maximum atomic E-state index is 14.0. The number of halogens is 1. The predicted molar refractivity (Wildman–Crippen MR) is 135 cm³/mol. The van der Waals surface area contributed by atoms with Crippen LogP contribution in [0.2, 0.25) is 0 Å². The number of aromatic nitrogens is 2. The van der Waals surface area contributed by atoms with Gasteiger partial charge in [0.2, 0.25) is 0 Å². The van der Waals surface area contributed by atoms with Crippen LogP contribution in [0, 0.1) is 11.7 Å². The van der Waals surface area contributed by atoms with Crippen LogP contribution in [-0.4, -0.2) is 75.8 Å². The van der Waals surface area contributed by atoms with Crippen LogP contribution in [0.25, 0.3) is 0 Å². The first-order valence-corrected chi connectivity index (χ1v) is 13.1. The fourth-order valence-corrected chi connectivity index (χ4v) is 6.43. The van der Waals surface area contributed by atoms with Gasteiger partial charge < -0.3 is 9.80 Å². The summed E-state index contributed by atoms with van der Waals surface area (Å²) < 4.78 is 14.0. The molecule has 192 valence electrons. The molecule has 2 aromatic rings. The molecule has 0 atom stereocenters. The molecule has 3 aliphatic rings. The van der Waals surface area contributed by atoms with E-state index in [9.17, 15) is 14.0 Å². The molecule has 0 N–H and O–H groups in total. The number of carbonyl (C=O) groups excluding carboxylic acids is 2. The van der Waals surface area contributed by atoms with Gasteiger partial charge in [0.1, 0.15) is 6.33 Å². The van der Waals surface area contributed by atoms with Crippen molar-refractivity contribution in [1.29, 1.82) is 0 Å². The van der Waals surface area contributed by atoms with Crippen molar-refractivity contribution < 1.29 is 14.0 Å². The van der Waals surface area contributed by atoms with E-state index in [-0.39, 0.29) is 41.6 Å². The van der Waals surface area contributed by atoms with Crippen molar-refractivity contribution in [2.24, 2.45) is 5.92 Å². The van der Waals surface area contributed by atoms with Crippen molar-refractivity contribution in [3.05, 3.63) is 59.9 Å². The van der Waals surface area contributed by atoms with Gasteiger partial charge in [0.25, 0.3) is 0 Å². The standard InChI is InChI=1S/C28H36FN5O2/c1-32(2)28(22-9-4-3-5-10-22)13-11-27(12-14-28)19-33(26(36)34(27)17-21-7-6-8-21)18-23(35)15-25-24(29)16-30-20-31-25/h3-5,9-10,16,20-21H,6-8,11-15,17-19H2,1-2H3. The highest BCUT2D eigenvalue weighted by Crippen LogP contribution is 2.49. The molecule has 1 spiro atoms. The second-order valence-electron chi connectivity index (χ2n) is 11.1. The highest BCUT2D eigenvalue weighted by Gasteiger charge is 2.55. The van der Waals surface area contributed by atoms with E-state index >= 15 is 0 Å². The first-order chi connectivity index (χ1) is 17.3. The molecule has 2 saturated carbocycles. The summed E-state index contributed by atoms with van der Waals surface area (Å²) in [6, 6.07) is 10.6. The van der Waals surface area contributed by atoms with Crippen LogP contribution < -0.4 is 0 Å². The largest absolute Gasteiger partial charge is 0.321 e. The fourth-order valence-electron chi connectivity index (χ4n) is 6.43. The number of ketones is 1. The van der Waals surface area contributed by atoms with Crippen molar-refractivity contribution in [2.75, 3.05) is 33.7 Å². The quantitative estimate of drug-likeness (QED) is 0.555. The highest BCUT2D eigenvalue weighted by molar-refractivity contribution is 5.88. The summed E-state index contributed by atoms with van der Waals surface area (Å²) in [5.74, 6) is -0.245. The molecule has 1 aliphatic heterocycles. The van der Waals surface area contributed by atoms with Crippen LogP contribution in [0.4, 0.5) is 9.18 Å². The van der Waals surface area contributed by atoms with Crippen LogP contribution in [-0.2, 0) is 16.8 Å². The minimum absolute atomic E-state index is 0.0112. The summed E-state index contributed by atoms with van der Waals surface area (Å²) in [4.78, 5) is 40.2. The first kappa shape index (κ1) is 24.8. The van der Waals surface area contributed by atoms with Crippen LogP contribution in [0.3, 0.4) is 0 Å². The maximum Gasteiger partial charge on any atom is 0.321 e. The summed E-state index contributed by atoms with van der Waals surface area (Å²) in [5.41, 5.74) is 1.07. The van der Waals surface area contributed by atoms with E-state index in [1.807, 2.05) is 0 Å². The molecule has 2 heterocycles. The number of nitrogens with zero attached hydrogens (tertiary/aromatic N) is 5. The van der Waals surface area contributed by atoms with E-state index in [0.29, 0.717) is 12.5 Å². The van der Waals surface area contributed by atoms with Gasteiger partial charge in [-0.15, -0.1) is 0 Å². The van der Waals surface area contributed by atoms with Gasteiger partial charge in [-0.1, -0.05) is 36.8 Å². The van der Waals surface area contributed by atoms with E-state index in [2.05, 4.69) is 64.2 Å². The molecule has 3 fully saturated rings. The minimum Gasteiger partial charge on any atom is -0.317 e. The molecule has 1 saturated heterocycles. The third-order valence-electron chi connectivity index (χ3n) is 8.88. The summed E-state index contributed by atoms with van der Waals surface area (Å²) in [6.45, 7) is 1.31. The van der Waals surface area contributed by atoms with E-state index in [1.165, 1.54) is 18.3 Å². The van der Waals surface area contributed by atoms with Crippen molar-refractivity contribution >= 4 is 11.8 Å². The number of hydrogen-bond acceptors (Lipinski definition) is 5. The van der Waals surface area contributed by atoms with E-state index in [4.69, 9.17) is 0 Å². The van der Waals surface area contributed by atoms with Crippen LogP contribution in [0.5, 0.6) is 0 Å². The fraction of sp³-hybridized carbons (Fsp3) is 0.571. The molecule has 2 amide bonds. The molecular weight excluding hydrogens is 457 g/mol. The first-order valence-electron chi connectivity index (χ1n) is 13.1. The Morgan fingerprint density at radius 1 is 1.14 bits per heavy atom. The van der Waals surface area contributed by atoms with Crippen LogP contribution >= 0.6 is 0 Å². The zero-order valence-corrected chi connectivity index (χ0v) is 21.3. The lowest BCUT2D eigenvalue weighted by Gasteiger charge is -2.51. The third-order valence-corrected chi connectivity index (χ3v) is 8.88. The maximum absolute atomic E-state index is 14.0. The Morgan fingerprint density at radius 3 is 2.47 bits per heavy atom. The molecule has 7 nitrogen and oxygen atoms in total. The Hall–Kier alpha value is -2.87. The Labute approximate surface area is 212 Å². The molecular formula is C28H36FN5O2. The van der Waals surface area contributed by atoms with Gasteiger partial charge in [-0.25, -0.2) is 19.2 Å². The lowest BCUT2D eigenvalue weighted by atomic mass is 9.68. The second kappa shape index (κ2) is 9.88. The van der Waals surface area contributed by atoms with Gasteiger partial charge in [-0.3, -0.25) is 9.69 Å². The molecule has 1 aromatic heterocycles. The van der Waals surface area contributed by atoms with Gasteiger partial charge in [0.05, 0.1) is 30.4 Å². The zero-order valence-electron chi connectivity index (χ0n) is 21.3. The second-order valence-corrected chi connectivity index (χ2v) is 11.1. The van der Waals surface area contributed by atoms with Gasteiger partial charge in [0.15, 0.2) is 11.6 Å². The van der Waals surface area contributed by atoms with Crippen LogP contribution in [0.1, 0.15) is 56.2 Å². The van der Waals surface area contributed by atoms with Crippen molar-refractivity contribution in [3.63, 3.8) is 0 Å². The normalized spacial score (nSPS) is 26.6. The third kappa shape index (κ3) is 4.51. The van der Waals surface area contributed by atoms with Gasteiger partial charge >= 0.3 is 6.03 Å². The summed E-state index contributed by atoms with van der Waals surface area (Å²) in [7, 11) is 4.29. The molecule has 0 radical (unpaired) electrons. The lowest BCUT2D eigenvalue weighted by Crippen LogP contribution is -2.56. The Bertz CT molecular complexity index is 1100. The highest BCUT2D eigenvalue weighted by atomic mass is 19.1. The summed E-state index contributed by atoms with van der Waals surface area (Å²) in [5, 5.41) is 0. The number of urea groups is 1. The van der Waals surface area contributed by atoms with Gasteiger partial charge in [-0.05, 0) is 64.1 Å². The predicted octanol–water partition coefficient (Wildman–Crippen LogP) is 4.03. The molecule has 0 unspecified atom stereocenters. The monoisotopic (exact) mass is 493 g/mol. The van der Waals surface area contributed by atoms with Gasteiger partial charge in [-0.2, -0.15) is 0 Å². The smallest absolute Gasteiger partial charge is 0.317 e. The molecule has 2 aliphatic carbocycles. The van der Waals surface area contributed by atoms with E-state index in [1.54, 1.807) is 4.90 Å². The molecule has 36 heavy (non-hydrogen) atoms. The molecule has 0 bridgehead atoms. The Kier molecular flexibility index (Phi) is 6.81. The Morgan fingerprint density at radius 2 is 1.86 bits per heavy atom. The molecule has 5 rings (SSSR count).